The van der Waals surface area contributed by atoms with Crippen molar-refractivity contribution in [2.75, 3.05) is 11.4 Å². The Balaban J connectivity index is 2.10. The van der Waals surface area contributed by atoms with Crippen LogP contribution in [0.1, 0.15) is 6.42 Å². The Kier molecular flexibility index (Phi) is 2.98. The highest BCUT2D eigenvalue weighted by atomic mass is 79.9. The fourth-order valence-electron chi connectivity index (χ4n) is 2.27. The van der Waals surface area contributed by atoms with Crippen molar-refractivity contribution in [3.63, 3.8) is 0 Å². The maximum absolute atomic E-state index is 11.9. The lowest BCUT2D eigenvalue weighted by molar-refractivity contribution is -0.120. The third-order valence-electron chi connectivity index (χ3n) is 3.16. The third-order valence-corrected chi connectivity index (χ3v) is 3.66. The van der Waals surface area contributed by atoms with Crippen molar-refractivity contribution in [3.8, 4) is 0 Å². The first-order valence-electron chi connectivity index (χ1n) is 5.95. The van der Waals surface area contributed by atoms with Crippen molar-refractivity contribution in [1.82, 2.24) is 5.32 Å². The molecule has 0 aliphatic carbocycles. The van der Waals surface area contributed by atoms with E-state index in [0.717, 1.165) is 20.9 Å². The maximum Gasteiger partial charge on any atom is 0.328 e. The van der Waals surface area contributed by atoms with Crippen LogP contribution in [0, 0.1) is 0 Å². The van der Waals surface area contributed by atoms with Gasteiger partial charge in [-0.1, -0.05) is 34.1 Å². The quantitative estimate of drug-likeness (QED) is 0.878. The first kappa shape index (κ1) is 12.2. The summed E-state index contributed by atoms with van der Waals surface area (Å²) in [6, 6.07) is 11.4. The van der Waals surface area contributed by atoms with Gasteiger partial charge in [0.25, 0.3) is 0 Å². The zero-order valence-corrected chi connectivity index (χ0v) is 11.6. The zero-order valence-electron chi connectivity index (χ0n) is 10.0. The van der Waals surface area contributed by atoms with Crippen LogP contribution in [0.4, 0.5) is 10.5 Å². The highest BCUT2D eigenvalue weighted by Gasteiger charge is 2.25. The average molecular weight is 319 g/mol. The summed E-state index contributed by atoms with van der Waals surface area (Å²) in [5.74, 6) is -0.218. The summed E-state index contributed by atoms with van der Waals surface area (Å²) in [6.07, 6.45) is 0.332. The van der Waals surface area contributed by atoms with E-state index in [0.29, 0.717) is 13.0 Å². The van der Waals surface area contributed by atoms with Crippen LogP contribution in [-0.2, 0) is 4.79 Å². The molecule has 0 saturated carbocycles. The molecule has 19 heavy (non-hydrogen) atoms. The zero-order chi connectivity index (χ0) is 13.4. The molecule has 2 aromatic carbocycles. The monoisotopic (exact) mass is 318 g/mol. The molecular weight excluding hydrogens is 308 g/mol. The Morgan fingerprint density at radius 1 is 1.16 bits per heavy atom. The van der Waals surface area contributed by atoms with E-state index >= 15 is 0 Å². The second-order valence-corrected chi connectivity index (χ2v) is 5.31. The van der Waals surface area contributed by atoms with E-state index in [1.807, 2.05) is 36.4 Å². The van der Waals surface area contributed by atoms with Crippen LogP contribution in [-0.4, -0.2) is 18.5 Å². The number of hydrogen-bond acceptors (Lipinski definition) is 2. The Hall–Kier alpha value is -1.88. The number of carbonyl (C=O) groups is 2. The molecule has 1 saturated heterocycles. The van der Waals surface area contributed by atoms with E-state index in [2.05, 4.69) is 21.2 Å². The first-order chi connectivity index (χ1) is 9.15. The van der Waals surface area contributed by atoms with E-state index in [9.17, 15) is 9.59 Å². The molecule has 0 radical (unpaired) electrons. The number of urea groups is 1. The Morgan fingerprint density at radius 3 is 2.79 bits per heavy atom. The number of rotatable bonds is 1. The minimum atomic E-state index is -0.355. The largest absolute Gasteiger partial charge is 0.328 e. The number of halogens is 1. The van der Waals surface area contributed by atoms with Gasteiger partial charge in [0.2, 0.25) is 5.91 Å². The van der Waals surface area contributed by atoms with Gasteiger partial charge in [0.05, 0.1) is 5.69 Å². The van der Waals surface area contributed by atoms with Gasteiger partial charge in [0.1, 0.15) is 0 Å². The van der Waals surface area contributed by atoms with Crippen LogP contribution >= 0.6 is 15.9 Å². The van der Waals surface area contributed by atoms with E-state index in [1.165, 1.54) is 0 Å². The molecule has 4 nitrogen and oxygen atoms in total. The van der Waals surface area contributed by atoms with Gasteiger partial charge < -0.3 is 0 Å². The number of anilines is 1. The summed E-state index contributed by atoms with van der Waals surface area (Å²) >= 11 is 3.44. The van der Waals surface area contributed by atoms with Crippen molar-refractivity contribution in [1.29, 1.82) is 0 Å². The van der Waals surface area contributed by atoms with E-state index in [4.69, 9.17) is 0 Å². The minimum Gasteiger partial charge on any atom is -0.293 e. The van der Waals surface area contributed by atoms with Gasteiger partial charge in [-0.25, -0.2) is 4.79 Å². The molecule has 0 aromatic heterocycles. The third kappa shape index (κ3) is 2.21. The molecule has 1 aliphatic heterocycles. The first-order valence-corrected chi connectivity index (χ1v) is 6.74. The van der Waals surface area contributed by atoms with Gasteiger partial charge in [-0.2, -0.15) is 0 Å². The topological polar surface area (TPSA) is 49.4 Å². The van der Waals surface area contributed by atoms with Crippen LogP contribution < -0.4 is 10.2 Å². The van der Waals surface area contributed by atoms with Crippen molar-refractivity contribution in [3.05, 3.63) is 40.9 Å². The fraction of sp³-hybridized carbons (Fsp3) is 0.143. The number of hydrogen-bond donors (Lipinski definition) is 1. The lowest BCUT2D eigenvalue weighted by Crippen LogP contribution is -2.49. The number of carbonyl (C=O) groups excluding carboxylic acids is 2. The fourth-order valence-corrected chi connectivity index (χ4v) is 2.65. The molecule has 0 spiro atoms. The van der Waals surface area contributed by atoms with Crippen LogP contribution in [0.2, 0.25) is 0 Å². The normalized spacial score (nSPS) is 15.7. The molecule has 1 aliphatic rings. The Morgan fingerprint density at radius 2 is 2.00 bits per heavy atom. The summed E-state index contributed by atoms with van der Waals surface area (Å²) in [5.41, 5.74) is 0.829. The molecule has 1 N–H and O–H groups in total. The maximum atomic E-state index is 11.9. The van der Waals surface area contributed by atoms with Crippen LogP contribution in [0.3, 0.4) is 0 Å². The molecule has 1 fully saturated rings. The number of nitrogens with zero attached hydrogens (tertiary/aromatic N) is 1. The smallest absolute Gasteiger partial charge is 0.293 e. The predicted molar refractivity (Wildman–Crippen MR) is 77.1 cm³/mol. The van der Waals surface area contributed by atoms with E-state index in [-0.39, 0.29) is 11.9 Å². The summed E-state index contributed by atoms with van der Waals surface area (Å²) in [5, 5.41) is 4.39. The number of nitrogens with one attached hydrogen (secondary N) is 1. The second-order valence-electron chi connectivity index (χ2n) is 4.40. The van der Waals surface area contributed by atoms with Gasteiger partial charge in [-0.05, 0) is 23.6 Å². The lowest BCUT2D eigenvalue weighted by atomic mass is 10.1. The highest BCUT2D eigenvalue weighted by molar-refractivity contribution is 9.10. The average Bonchev–Trinajstić information content (AvgIpc) is 2.38. The summed E-state index contributed by atoms with van der Waals surface area (Å²) < 4.78 is 0.996. The molecule has 0 atom stereocenters. The molecule has 3 amide bonds. The molecule has 0 unspecified atom stereocenters. The Labute approximate surface area is 118 Å². The molecule has 2 aromatic rings. The van der Waals surface area contributed by atoms with E-state index < -0.39 is 0 Å². The van der Waals surface area contributed by atoms with Crippen LogP contribution in [0.15, 0.2) is 40.9 Å². The molecule has 1 heterocycles. The molecule has 5 heteroatoms. The summed E-state index contributed by atoms with van der Waals surface area (Å²) in [7, 11) is 0. The molecule has 0 bridgehead atoms. The molecule has 96 valence electrons. The predicted octanol–water partition coefficient (Wildman–Crippen LogP) is 3.05. The number of fused-ring (bicyclic) bond motifs is 1. The second kappa shape index (κ2) is 4.66. The van der Waals surface area contributed by atoms with Crippen LogP contribution in [0.5, 0.6) is 0 Å². The number of amides is 3. The molecular formula is C14H11BrN2O2. The van der Waals surface area contributed by atoms with Gasteiger partial charge in [0, 0.05) is 22.8 Å². The summed E-state index contributed by atoms with van der Waals surface area (Å²) in [6.45, 7) is 0.417. The standard InChI is InChI=1S/C14H11BrN2O2/c15-10-4-5-11-9(8-10)2-1-3-12(11)17-7-6-13(18)16-14(17)19/h1-5,8H,6-7H2,(H,16,18,19). The van der Waals surface area contributed by atoms with Gasteiger partial charge >= 0.3 is 6.03 Å². The number of benzene rings is 2. The van der Waals surface area contributed by atoms with Gasteiger partial charge in [0.15, 0.2) is 0 Å². The SMILES string of the molecule is O=C1CCN(c2cccc3cc(Br)ccc23)C(=O)N1. The van der Waals surface area contributed by atoms with E-state index in [1.54, 1.807) is 4.90 Å². The van der Waals surface area contributed by atoms with Crippen molar-refractivity contribution in [2.45, 2.75) is 6.42 Å². The van der Waals surface area contributed by atoms with Crippen molar-refractivity contribution < 1.29 is 9.59 Å². The van der Waals surface area contributed by atoms with Crippen LogP contribution in [0.25, 0.3) is 10.8 Å². The van der Waals surface area contributed by atoms with Gasteiger partial charge in [-0.3, -0.25) is 15.0 Å². The van der Waals surface area contributed by atoms with Gasteiger partial charge in [-0.15, -0.1) is 0 Å². The summed E-state index contributed by atoms with van der Waals surface area (Å²) in [4.78, 5) is 24.7. The molecule has 3 rings (SSSR count). The van der Waals surface area contributed by atoms with Crippen molar-refractivity contribution in [2.24, 2.45) is 0 Å². The Bertz CT molecular complexity index is 684. The number of imide groups is 1. The minimum absolute atomic E-state index is 0.218. The lowest BCUT2D eigenvalue weighted by Gasteiger charge is -2.27. The highest BCUT2D eigenvalue weighted by Crippen LogP contribution is 2.29. The van der Waals surface area contributed by atoms with Crippen molar-refractivity contribution >= 4 is 44.3 Å².